The normalized spacial score (nSPS) is 10.9. The molecule has 0 amide bonds. The van der Waals surface area contributed by atoms with Gasteiger partial charge < -0.3 is 9.30 Å². The second kappa shape index (κ2) is 5.60. The zero-order chi connectivity index (χ0) is 15.7. The van der Waals surface area contributed by atoms with Crippen LogP contribution in [0.25, 0.3) is 16.6 Å². The third-order valence-electron chi connectivity index (χ3n) is 3.37. The van der Waals surface area contributed by atoms with E-state index in [2.05, 4.69) is 0 Å². The number of nitrogens with zero attached hydrogens (tertiary/aromatic N) is 1. The Morgan fingerprint density at radius 3 is 2.68 bits per heavy atom. The monoisotopic (exact) mass is 301 g/mol. The largest absolute Gasteiger partial charge is 0.462 e. The quantitative estimate of drug-likeness (QED) is 0.682. The number of carbonyl (C=O) groups excluding carboxylic acids is 1. The number of benzene rings is 2. The van der Waals surface area contributed by atoms with Crippen molar-refractivity contribution in [2.75, 3.05) is 6.61 Å². The van der Waals surface area contributed by atoms with Crippen molar-refractivity contribution in [1.82, 2.24) is 4.57 Å². The van der Waals surface area contributed by atoms with Crippen molar-refractivity contribution in [2.24, 2.45) is 0 Å². The maximum atomic E-state index is 14.3. The van der Waals surface area contributed by atoms with Crippen molar-refractivity contribution in [2.45, 2.75) is 6.92 Å². The van der Waals surface area contributed by atoms with E-state index in [-0.39, 0.29) is 23.7 Å². The lowest BCUT2D eigenvalue weighted by atomic mass is 10.2. The van der Waals surface area contributed by atoms with E-state index in [4.69, 9.17) is 4.74 Å². The SMILES string of the molecule is CCOC(=O)c1ccc(-n2ccc3cc(F)ccc32)c(F)c1. The predicted octanol–water partition coefficient (Wildman–Crippen LogP) is 4.09. The molecular formula is C17H13F2NO2. The van der Waals surface area contributed by atoms with E-state index < -0.39 is 11.8 Å². The number of fused-ring (bicyclic) bond motifs is 1. The minimum absolute atomic E-state index is 0.158. The van der Waals surface area contributed by atoms with Gasteiger partial charge in [-0.15, -0.1) is 0 Å². The second-order valence-corrected chi connectivity index (χ2v) is 4.78. The Kier molecular flexibility index (Phi) is 3.63. The second-order valence-electron chi connectivity index (χ2n) is 4.78. The molecule has 3 nitrogen and oxygen atoms in total. The molecule has 0 atom stereocenters. The van der Waals surface area contributed by atoms with Crippen molar-refractivity contribution in [3.63, 3.8) is 0 Å². The molecule has 0 spiro atoms. The van der Waals surface area contributed by atoms with Crippen molar-refractivity contribution in [3.8, 4) is 5.69 Å². The van der Waals surface area contributed by atoms with Gasteiger partial charge in [0.25, 0.3) is 0 Å². The molecule has 0 aliphatic heterocycles. The van der Waals surface area contributed by atoms with Gasteiger partial charge in [0, 0.05) is 11.6 Å². The van der Waals surface area contributed by atoms with Crippen LogP contribution < -0.4 is 0 Å². The summed E-state index contributed by atoms with van der Waals surface area (Å²) in [5.41, 5.74) is 1.13. The molecule has 0 bridgehead atoms. The molecule has 0 fully saturated rings. The first kappa shape index (κ1) is 14.3. The van der Waals surface area contributed by atoms with Gasteiger partial charge in [-0.2, -0.15) is 0 Å². The Labute approximate surface area is 125 Å². The first-order valence-corrected chi connectivity index (χ1v) is 6.84. The Bertz CT molecular complexity index is 855. The molecule has 0 aliphatic rings. The number of halogens is 2. The van der Waals surface area contributed by atoms with Gasteiger partial charge in [0.15, 0.2) is 0 Å². The molecule has 0 radical (unpaired) electrons. The van der Waals surface area contributed by atoms with Crippen LogP contribution >= 0.6 is 0 Å². The molecule has 5 heteroatoms. The average molecular weight is 301 g/mol. The number of ether oxygens (including phenoxy) is 1. The topological polar surface area (TPSA) is 31.2 Å². The van der Waals surface area contributed by atoms with Crippen LogP contribution in [0.4, 0.5) is 8.78 Å². The summed E-state index contributed by atoms with van der Waals surface area (Å²) in [5.74, 6) is -1.46. The van der Waals surface area contributed by atoms with Gasteiger partial charge in [-0.3, -0.25) is 0 Å². The fourth-order valence-corrected chi connectivity index (χ4v) is 2.37. The summed E-state index contributed by atoms with van der Waals surface area (Å²) in [4.78, 5) is 11.6. The standard InChI is InChI=1S/C17H13F2NO2/c1-2-22-17(21)12-3-5-16(14(19)10-12)20-8-7-11-9-13(18)4-6-15(11)20/h3-10H,2H2,1H3. The fourth-order valence-electron chi connectivity index (χ4n) is 2.37. The van der Waals surface area contributed by atoms with Crippen LogP contribution in [-0.4, -0.2) is 17.1 Å². The average Bonchev–Trinajstić information content (AvgIpc) is 2.90. The van der Waals surface area contributed by atoms with Gasteiger partial charge in [0.2, 0.25) is 0 Å². The lowest BCUT2D eigenvalue weighted by Crippen LogP contribution is -2.06. The highest BCUT2D eigenvalue weighted by atomic mass is 19.1. The first-order valence-electron chi connectivity index (χ1n) is 6.84. The summed E-state index contributed by atoms with van der Waals surface area (Å²) < 4.78 is 34.0. The van der Waals surface area contributed by atoms with Gasteiger partial charge in [-0.1, -0.05) is 0 Å². The maximum absolute atomic E-state index is 14.3. The lowest BCUT2D eigenvalue weighted by molar-refractivity contribution is 0.0526. The van der Waals surface area contributed by atoms with E-state index in [1.165, 1.54) is 24.3 Å². The minimum atomic E-state index is -0.563. The van der Waals surface area contributed by atoms with Crippen molar-refractivity contribution in [3.05, 3.63) is 65.9 Å². The van der Waals surface area contributed by atoms with Gasteiger partial charge in [-0.05, 0) is 49.4 Å². The molecule has 0 unspecified atom stereocenters. The molecule has 0 saturated carbocycles. The van der Waals surface area contributed by atoms with Gasteiger partial charge >= 0.3 is 5.97 Å². The molecule has 1 heterocycles. The summed E-state index contributed by atoms with van der Waals surface area (Å²) in [5, 5.41) is 0.675. The third kappa shape index (κ3) is 2.45. The van der Waals surface area contributed by atoms with E-state index >= 15 is 0 Å². The molecule has 112 valence electrons. The zero-order valence-electron chi connectivity index (χ0n) is 11.8. The fraction of sp³-hybridized carbons (Fsp3) is 0.118. The molecule has 1 aromatic heterocycles. The summed E-state index contributed by atoms with van der Waals surface area (Å²) in [6.07, 6.45) is 1.66. The van der Waals surface area contributed by atoms with E-state index in [9.17, 15) is 13.6 Å². The Hall–Kier alpha value is -2.69. The predicted molar refractivity (Wildman–Crippen MR) is 79.1 cm³/mol. The van der Waals surface area contributed by atoms with Crippen LogP contribution in [0, 0.1) is 11.6 Å². The molecule has 2 aromatic carbocycles. The van der Waals surface area contributed by atoms with Crippen molar-refractivity contribution < 1.29 is 18.3 Å². The van der Waals surface area contributed by atoms with E-state index in [0.29, 0.717) is 10.9 Å². The third-order valence-corrected chi connectivity index (χ3v) is 3.37. The summed E-state index contributed by atoms with van der Waals surface area (Å²) in [7, 11) is 0. The Morgan fingerprint density at radius 2 is 1.95 bits per heavy atom. The number of aromatic nitrogens is 1. The van der Waals surface area contributed by atoms with Gasteiger partial charge in [-0.25, -0.2) is 13.6 Å². The lowest BCUT2D eigenvalue weighted by Gasteiger charge is -2.09. The number of hydrogen-bond donors (Lipinski definition) is 0. The number of rotatable bonds is 3. The molecule has 3 aromatic rings. The smallest absolute Gasteiger partial charge is 0.338 e. The molecular weight excluding hydrogens is 288 g/mol. The molecule has 3 rings (SSSR count). The molecule has 0 saturated heterocycles. The summed E-state index contributed by atoms with van der Waals surface area (Å²) >= 11 is 0. The van der Waals surface area contributed by atoms with E-state index in [1.54, 1.807) is 29.8 Å². The molecule has 0 N–H and O–H groups in total. The zero-order valence-corrected chi connectivity index (χ0v) is 11.8. The Morgan fingerprint density at radius 1 is 1.14 bits per heavy atom. The number of hydrogen-bond acceptors (Lipinski definition) is 2. The highest BCUT2D eigenvalue weighted by Crippen LogP contribution is 2.24. The van der Waals surface area contributed by atoms with Crippen LogP contribution in [0.2, 0.25) is 0 Å². The van der Waals surface area contributed by atoms with E-state index in [0.717, 1.165) is 6.07 Å². The van der Waals surface area contributed by atoms with E-state index in [1.807, 2.05) is 0 Å². The highest BCUT2D eigenvalue weighted by Gasteiger charge is 2.13. The number of esters is 1. The van der Waals surface area contributed by atoms with Crippen LogP contribution in [-0.2, 0) is 4.74 Å². The van der Waals surface area contributed by atoms with Crippen molar-refractivity contribution in [1.29, 1.82) is 0 Å². The highest BCUT2D eigenvalue weighted by molar-refractivity contribution is 5.90. The van der Waals surface area contributed by atoms with Crippen LogP contribution in [0.1, 0.15) is 17.3 Å². The van der Waals surface area contributed by atoms with Crippen molar-refractivity contribution >= 4 is 16.9 Å². The van der Waals surface area contributed by atoms with Gasteiger partial charge in [0.1, 0.15) is 11.6 Å². The number of carbonyl (C=O) groups is 1. The first-order chi connectivity index (χ1) is 10.6. The minimum Gasteiger partial charge on any atom is -0.462 e. The molecule has 0 aliphatic carbocycles. The Balaban J connectivity index is 2.06. The summed E-state index contributed by atoms with van der Waals surface area (Å²) in [6, 6.07) is 10.2. The summed E-state index contributed by atoms with van der Waals surface area (Å²) in [6.45, 7) is 1.92. The van der Waals surface area contributed by atoms with Crippen LogP contribution in [0.3, 0.4) is 0 Å². The van der Waals surface area contributed by atoms with Crippen LogP contribution in [0.5, 0.6) is 0 Å². The maximum Gasteiger partial charge on any atom is 0.338 e. The van der Waals surface area contributed by atoms with Crippen LogP contribution in [0.15, 0.2) is 48.7 Å². The molecule has 22 heavy (non-hydrogen) atoms. The van der Waals surface area contributed by atoms with Gasteiger partial charge in [0.05, 0.1) is 23.4 Å².